The topological polar surface area (TPSA) is 46.5 Å². The molecule has 8 heteroatoms. The number of halogens is 4. The summed E-state index contributed by atoms with van der Waals surface area (Å²) in [6.45, 7) is 0. The summed E-state index contributed by atoms with van der Waals surface area (Å²) in [7, 11) is 0. The molecule has 0 saturated carbocycles. The van der Waals surface area contributed by atoms with Gasteiger partial charge in [0.05, 0.1) is 10.5 Å². The Bertz CT molecular complexity index is 445. The van der Waals surface area contributed by atoms with E-state index in [4.69, 9.17) is 5.11 Å². The van der Waals surface area contributed by atoms with Crippen LogP contribution in [-0.2, 0) is 0 Å². The first kappa shape index (κ1) is 13.6. The highest BCUT2D eigenvalue weighted by molar-refractivity contribution is 7.98. The normalized spacial score (nSPS) is 11.4. The summed E-state index contributed by atoms with van der Waals surface area (Å²) in [5.74, 6) is -3.56. The van der Waals surface area contributed by atoms with E-state index in [9.17, 15) is 22.4 Å². The van der Waals surface area contributed by atoms with E-state index in [1.807, 2.05) is 0 Å². The average Bonchev–Trinajstić information content (AvgIpc) is 2.15. The van der Waals surface area contributed by atoms with Gasteiger partial charge in [-0.1, -0.05) is 0 Å². The maximum atomic E-state index is 13.5. The van der Waals surface area contributed by atoms with Gasteiger partial charge < -0.3 is 9.84 Å². The minimum absolute atomic E-state index is 0.498. The first-order valence-corrected chi connectivity index (χ1v) is 5.34. The predicted octanol–water partition coefficient (Wildman–Crippen LogP) is 3.14. The van der Waals surface area contributed by atoms with E-state index in [0.29, 0.717) is 11.8 Å². The number of benzene rings is 1. The fraction of sp³-hybridized carbons (Fsp3) is 0.222. The van der Waals surface area contributed by atoms with Gasteiger partial charge in [-0.15, -0.1) is 24.9 Å². The maximum absolute atomic E-state index is 13.5. The number of carbonyl (C=O) groups is 1. The number of hydrogen-bond acceptors (Lipinski definition) is 3. The summed E-state index contributed by atoms with van der Waals surface area (Å²) in [5.41, 5.74) is -0.705. The summed E-state index contributed by atoms with van der Waals surface area (Å²) in [4.78, 5) is 10.1. The molecule has 0 radical (unpaired) electrons. The lowest BCUT2D eigenvalue weighted by Crippen LogP contribution is -2.18. The van der Waals surface area contributed by atoms with Gasteiger partial charge in [0.1, 0.15) is 5.75 Å². The number of carboxylic acids is 1. The molecule has 0 spiro atoms. The number of ether oxygens (including phenoxy) is 1. The molecule has 0 heterocycles. The van der Waals surface area contributed by atoms with Gasteiger partial charge in [0.25, 0.3) is 0 Å². The fourth-order valence-electron chi connectivity index (χ4n) is 1.10. The Balaban J connectivity index is 3.26. The number of alkyl halides is 3. The van der Waals surface area contributed by atoms with Crippen LogP contribution in [0.2, 0.25) is 0 Å². The maximum Gasteiger partial charge on any atom is 0.573 e. The Morgan fingerprint density at radius 2 is 2.00 bits per heavy atom. The third kappa shape index (κ3) is 3.26. The summed E-state index contributed by atoms with van der Waals surface area (Å²) in [6.07, 6.45) is -3.64. The van der Waals surface area contributed by atoms with E-state index < -0.39 is 34.4 Å². The molecule has 17 heavy (non-hydrogen) atoms. The van der Waals surface area contributed by atoms with Crippen molar-refractivity contribution < 1.29 is 32.2 Å². The molecule has 0 aromatic heterocycles. The highest BCUT2D eigenvalue weighted by Gasteiger charge is 2.33. The van der Waals surface area contributed by atoms with Crippen molar-refractivity contribution in [3.05, 3.63) is 23.5 Å². The van der Waals surface area contributed by atoms with Gasteiger partial charge in [-0.2, -0.15) is 0 Å². The number of hydrogen-bond donors (Lipinski definition) is 1. The van der Waals surface area contributed by atoms with Crippen LogP contribution in [-0.4, -0.2) is 23.7 Å². The van der Waals surface area contributed by atoms with E-state index in [2.05, 4.69) is 4.74 Å². The molecule has 3 nitrogen and oxygen atoms in total. The summed E-state index contributed by atoms with van der Waals surface area (Å²) < 4.78 is 53.0. The molecule has 0 aliphatic heterocycles. The Labute approximate surface area is 97.4 Å². The fourth-order valence-corrected chi connectivity index (χ4v) is 1.70. The molecular weight excluding hydrogens is 264 g/mol. The lowest BCUT2D eigenvalue weighted by Gasteiger charge is -2.13. The Morgan fingerprint density at radius 3 is 2.41 bits per heavy atom. The van der Waals surface area contributed by atoms with Gasteiger partial charge in [0, 0.05) is 0 Å². The van der Waals surface area contributed by atoms with Crippen molar-refractivity contribution in [1.29, 1.82) is 0 Å². The van der Waals surface area contributed by atoms with Crippen LogP contribution in [0.4, 0.5) is 17.6 Å². The molecule has 0 atom stereocenters. The Hall–Kier alpha value is -1.44. The molecule has 0 fully saturated rings. The molecule has 94 valence electrons. The largest absolute Gasteiger partial charge is 0.573 e. The van der Waals surface area contributed by atoms with Crippen LogP contribution in [0.1, 0.15) is 10.4 Å². The van der Waals surface area contributed by atoms with Crippen LogP contribution in [0.25, 0.3) is 0 Å². The molecule has 0 bridgehead atoms. The lowest BCUT2D eigenvalue weighted by atomic mass is 10.2. The monoisotopic (exact) mass is 270 g/mol. The molecule has 0 aliphatic carbocycles. The van der Waals surface area contributed by atoms with Gasteiger partial charge in [0.2, 0.25) is 0 Å². The molecule has 1 aromatic carbocycles. The zero-order valence-corrected chi connectivity index (χ0v) is 9.16. The van der Waals surface area contributed by atoms with Crippen molar-refractivity contribution in [3.63, 3.8) is 0 Å². The van der Waals surface area contributed by atoms with Crippen LogP contribution in [0.5, 0.6) is 5.75 Å². The standard InChI is InChI=1S/C9H6F4O3S/c1-17-7-5(16-9(11,12)13)3-2-4(6(7)10)8(14)15/h2-3H,1H3,(H,14,15). The average molecular weight is 270 g/mol. The molecule has 1 aromatic rings. The van der Waals surface area contributed by atoms with E-state index in [1.54, 1.807) is 0 Å². The van der Waals surface area contributed by atoms with Crippen LogP contribution < -0.4 is 4.74 Å². The Kier molecular flexibility index (Phi) is 3.87. The van der Waals surface area contributed by atoms with Crippen LogP contribution >= 0.6 is 11.8 Å². The molecular formula is C9H6F4O3S. The van der Waals surface area contributed by atoms with Crippen molar-refractivity contribution in [1.82, 2.24) is 0 Å². The van der Waals surface area contributed by atoms with E-state index in [1.165, 1.54) is 6.26 Å². The van der Waals surface area contributed by atoms with E-state index in [0.717, 1.165) is 12.1 Å². The zero-order valence-electron chi connectivity index (χ0n) is 8.34. The lowest BCUT2D eigenvalue weighted by molar-refractivity contribution is -0.275. The van der Waals surface area contributed by atoms with Crippen LogP contribution in [0.3, 0.4) is 0 Å². The molecule has 0 aliphatic rings. The summed E-state index contributed by atoms with van der Waals surface area (Å²) in [6, 6.07) is 1.49. The SMILES string of the molecule is CSc1c(OC(F)(F)F)ccc(C(=O)O)c1F. The predicted molar refractivity (Wildman–Crippen MR) is 51.8 cm³/mol. The van der Waals surface area contributed by atoms with Crippen molar-refractivity contribution in [3.8, 4) is 5.75 Å². The molecule has 0 unspecified atom stereocenters. The minimum atomic E-state index is -4.96. The van der Waals surface area contributed by atoms with Crippen molar-refractivity contribution >= 4 is 17.7 Å². The smallest absolute Gasteiger partial charge is 0.478 e. The zero-order chi connectivity index (χ0) is 13.2. The van der Waals surface area contributed by atoms with E-state index in [-0.39, 0.29) is 0 Å². The van der Waals surface area contributed by atoms with Crippen molar-refractivity contribution in [2.24, 2.45) is 0 Å². The molecule has 0 amide bonds. The van der Waals surface area contributed by atoms with E-state index >= 15 is 0 Å². The second-order valence-corrected chi connectivity index (χ2v) is 3.63. The van der Waals surface area contributed by atoms with Gasteiger partial charge >= 0.3 is 12.3 Å². The second kappa shape index (κ2) is 4.82. The number of aromatic carboxylic acids is 1. The van der Waals surface area contributed by atoms with Crippen LogP contribution in [0, 0.1) is 5.82 Å². The second-order valence-electron chi connectivity index (χ2n) is 2.81. The number of rotatable bonds is 3. The van der Waals surface area contributed by atoms with Gasteiger partial charge in [-0.25, -0.2) is 9.18 Å². The Morgan fingerprint density at radius 1 is 1.41 bits per heavy atom. The molecule has 1 N–H and O–H groups in total. The first-order chi connectivity index (χ1) is 7.76. The summed E-state index contributed by atoms with van der Waals surface area (Å²) >= 11 is 0.631. The van der Waals surface area contributed by atoms with Gasteiger partial charge in [0.15, 0.2) is 5.82 Å². The molecule has 1 rings (SSSR count). The number of carboxylic acid groups (broad SMARTS) is 1. The summed E-state index contributed by atoms with van der Waals surface area (Å²) in [5, 5.41) is 8.60. The van der Waals surface area contributed by atoms with Gasteiger partial charge in [-0.3, -0.25) is 0 Å². The molecule has 0 saturated heterocycles. The first-order valence-electron chi connectivity index (χ1n) is 4.11. The minimum Gasteiger partial charge on any atom is -0.478 e. The van der Waals surface area contributed by atoms with Gasteiger partial charge in [-0.05, 0) is 18.4 Å². The van der Waals surface area contributed by atoms with Crippen molar-refractivity contribution in [2.75, 3.05) is 6.26 Å². The third-order valence-corrected chi connectivity index (χ3v) is 2.51. The third-order valence-electron chi connectivity index (χ3n) is 1.72. The number of thioether (sulfide) groups is 1. The highest BCUT2D eigenvalue weighted by Crippen LogP contribution is 2.35. The highest BCUT2D eigenvalue weighted by atomic mass is 32.2. The quantitative estimate of drug-likeness (QED) is 0.677. The van der Waals surface area contributed by atoms with Crippen LogP contribution in [0.15, 0.2) is 17.0 Å². The van der Waals surface area contributed by atoms with Crippen molar-refractivity contribution in [2.45, 2.75) is 11.3 Å².